The van der Waals surface area contributed by atoms with Crippen molar-refractivity contribution in [1.29, 1.82) is 0 Å². The van der Waals surface area contributed by atoms with Crippen molar-refractivity contribution in [2.75, 3.05) is 5.75 Å². The molecule has 0 aromatic heterocycles. The van der Waals surface area contributed by atoms with Gasteiger partial charge in [-0.2, -0.15) is 11.8 Å². The van der Waals surface area contributed by atoms with Crippen LogP contribution >= 0.6 is 11.8 Å². The molecule has 0 heterocycles. The van der Waals surface area contributed by atoms with Crippen molar-refractivity contribution in [3.8, 4) is 11.5 Å². The molecular weight excluding hydrogens is 248 g/mol. The van der Waals surface area contributed by atoms with Crippen LogP contribution in [0.4, 0.5) is 0 Å². The second-order valence-corrected chi connectivity index (χ2v) is 5.99. The zero-order valence-electron chi connectivity index (χ0n) is 10.3. The maximum absolute atomic E-state index is 11.9. The zero-order valence-corrected chi connectivity index (χ0v) is 11.1. The Balaban J connectivity index is 1.88. The Hall–Kier alpha value is -1.16. The molecule has 0 amide bonds. The molecule has 0 spiro atoms. The van der Waals surface area contributed by atoms with Gasteiger partial charge in [-0.25, -0.2) is 0 Å². The predicted molar refractivity (Wildman–Crippen MR) is 73.4 cm³/mol. The third-order valence-corrected chi connectivity index (χ3v) is 4.67. The number of ketones is 1. The van der Waals surface area contributed by atoms with E-state index in [9.17, 15) is 15.0 Å². The van der Waals surface area contributed by atoms with E-state index in [1.807, 2.05) is 0 Å². The Morgan fingerprint density at radius 3 is 2.56 bits per heavy atom. The molecule has 1 fully saturated rings. The zero-order chi connectivity index (χ0) is 13.0. The largest absolute Gasteiger partial charge is 0.504 e. The standard InChI is InChI=1S/C14H18O3S/c15-12-7-6-10(8-13(12)16)14(17)9-18-11-4-2-1-3-5-11/h6-8,11,15-16H,1-5,9H2. The molecule has 1 aliphatic rings. The normalized spacial score (nSPS) is 16.7. The van der Waals surface area contributed by atoms with Gasteiger partial charge in [0.25, 0.3) is 0 Å². The fraction of sp³-hybridized carbons (Fsp3) is 0.500. The third-order valence-electron chi connectivity index (χ3n) is 3.30. The lowest BCUT2D eigenvalue weighted by molar-refractivity contribution is 0.102. The molecule has 4 heteroatoms. The van der Waals surface area contributed by atoms with Crippen LogP contribution < -0.4 is 0 Å². The Morgan fingerprint density at radius 2 is 1.89 bits per heavy atom. The number of hydrogen-bond acceptors (Lipinski definition) is 4. The van der Waals surface area contributed by atoms with Crippen LogP contribution in [0.25, 0.3) is 0 Å². The van der Waals surface area contributed by atoms with Gasteiger partial charge in [-0.1, -0.05) is 19.3 Å². The molecule has 98 valence electrons. The molecule has 1 aromatic carbocycles. The molecule has 18 heavy (non-hydrogen) atoms. The van der Waals surface area contributed by atoms with E-state index in [-0.39, 0.29) is 17.3 Å². The highest BCUT2D eigenvalue weighted by Gasteiger charge is 2.16. The smallest absolute Gasteiger partial charge is 0.172 e. The van der Waals surface area contributed by atoms with Gasteiger partial charge in [0.1, 0.15) is 0 Å². The van der Waals surface area contributed by atoms with Crippen LogP contribution in [0.15, 0.2) is 18.2 Å². The number of carbonyl (C=O) groups is 1. The van der Waals surface area contributed by atoms with Gasteiger partial charge in [0.15, 0.2) is 17.3 Å². The first-order chi connectivity index (χ1) is 8.66. The summed E-state index contributed by atoms with van der Waals surface area (Å²) >= 11 is 1.72. The number of carbonyl (C=O) groups excluding carboxylic acids is 1. The molecule has 3 nitrogen and oxygen atoms in total. The molecule has 0 atom stereocenters. The maximum atomic E-state index is 11.9. The first-order valence-corrected chi connectivity index (χ1v) is 7.38. The van der Waals surface area contributed by atoms with Gasteiger partial charge < -0.3 is 10.2 Å². The average molecular weight is 266 g/mol. The van der Waals surface area contributed by atoms with E-state index >= 15 is 0 Å². The lowest BCUT2D eigenvalue weighted by Crippen LogP contribution is -2.12. The van der Waals surface area contributed by atoms with Crippen LogP contribution in [-0.2, 0) is 0 Å². The fourth-order valence-electron chi connectivity index (χ4n) is 2.21. The molecule has 0 saturated heterocycles. The van der Waals surface area contributed by atoms with E-state index < -0.39 is 0 Å². The monoisotopic (exact) mass is 266 g/mol. The van der Waals surface area contributed by atoms with Crippen molar-refractivity contribution in [2.45, 2.75) is 37.4 Å². The van der Waals surface area contributed by atoms with Crippen LogP contribution in [-0.4, -0.2) is 27.0 Å². The number of aromatic hydroxyl groups is 2. The molecule has 1 saturated carbocycles. The lowest BCUT2D eigenvalue weighted by Gasteiger charge is -2.20. The molecule has 2 rings (SSSR count). The quantitative estimate of drug-likeness (QED) is 0.648. The van der Waals surface area contributed by atoms with E-state index in [0.717, 1.165) is 0 Å². The number of hydrogen-bond donors (Lipinski definition) is 2. The Labute approximate surface area is 111 Å². The lowest BCUT2D eigenvalue weighted by atomic mass is 10.0. The minimum Gasteiger partial charge on any atom is -0.504 e. The number of Topliss-reactive ketones (excluding diaryl/α,β-unsaturated/α-hetero) is 1. The summed E-state index contributed by atoms with van der Waals surface area (Å²) in [6.07, 6.45) is 6.27. The average Bonchev–Trinajstić information content (AvgIpc) is 2.40. The van der Waals surface area contributed by atoms with Crippen molar-refractivity contribution in [1.82, 2.24) is 0 Å². The summed E-state index contributed by atoms with van der Waals surface area (Å²) in [7, 11) is 0. The topological polar surface area (TPSA) is 57.5 Å². The summed E-state index contributed by atoms with van der Waals surface area (Å²) < 4.78 is 0. The number of phenols is 2. The second kappa shape index (κ2) is 6.14. The molecule has 0 bridgehead atoms. The summed E-state index contributed by atoms with van der Waals surface area (Å²) in [4.78, 5) is 11.9. The van der Waals surface area contributed by atoms with Gasteiger partial charge in [-0.05, 0) is 31.0 Å². The molecule has 0 radical (unpaired) electrons. The van der Waals surface area contributed by atoms with Crippen LogP contribution in [0.2, 0.25) is 0 Å². The van der Waals surface area contributed by atoms with Gasteiger partial charge >= 0.3 is 0 Å². The van der Waals surface area contributed by atoms with Crippen molar-refractivity contribution in [2.24, 2.45) is 0 Å². The predicted octanol–water partition coefficient (Wildman–Crippen LogP) is 3.35. The number of thioether (sulfide) groups is 1. The van der Waals surface area contributed by atoms with Gasteiger partial charge in [0.2, 0.25) is 0 Å². The van der Waals surface area contributed by atoms with E-state index in [4.69, 9.17) is 0 Å². The summed E-state index contributed by atoms with van der Waals surface area (Å²) in [5.74, 6) is 0.0467. The van der Waals surface area contributed by atoms with E-state index in [1.54, 1.807) is 17.8 Å². The summed E-state index contributed by atoms with van der Waals surface area (Å²) in [5, 5.41) is 19.2. The highest BCUT2D eigenvalue weighted by molar-refractivity contribution is 8.00. The number of phenolic OH excluding ortho intramolecular Hbond substituents is 2. The SMILES string of the molecule is O=C(CSC1CCCCC1)c1ccc(O)c(O)c1. The minimum absolute atomic E-state index is 0.0147. The summed E-state index contributed by atoms with van der Waals surface area (Å²) in [6, 6.07) is 4.24. The van der Waals surface area contributed by atoms with E-state index in [0.29, 0.717) is 16.6 Å². The van der Waals surface area contributed by atoms with Crippen molar-refractivity contribution >= 4 is 17.5 Å². The van der Waals surface area contributed by atoms with Crippen LogP contribution in [0.3, 0.4) is 0 Å². The van der Waals surface area contributed by atoms with Gasteiger partial charge in [0.05, 0.1) is 5.75 Å². The van der Waals surface area contributed by atoms with Gasteiger partial charge in [0, 0.05) is 10.8 Å². The number of benzene rings is 1. The van der Waals surface area contributed by atoms with Gasteiger partial charge in [-0.3, -0.25) is 4.79 Å². The third kappa shape index (κ3) is 3.42. The summed E-state index contributed by atoms with van der Waals surface area (Å²) in [5.41, 5.74) is 0.466. The summed E-state index contributed by atoms with van der Waals surface area (Å²) in [6.45, 7) is 0. The Bertz CT molecular complexity index is 425. The van der Waals surface area contributed by atoms with Crippen LogP contribution in [0.1, 0.15) is 42.5 Å². The van der Waals surface area contributed by atoms with Crippen molar-refractivity contribution in [3.05, 3.63) is 23.8 Å². The van der Waals surface area contributed by atoms with Crippen LogP contribution in [0.5, 0.6) is 11.5 Å². The molecule has 2 N–H and O–H groups in total. The highest BCUT2D eigenvalue weighted by Crippen LogP contribution is 2.30. The first-order valence-electron chi connectivity index (χ1n) is 6.33. The minimum atomic E-state index is -0.233. The van der Waals surface area contributed by atoms with E-state index in [2.05, 4.69) is 0 Å². The molecule has 1 aromatic rings. The van der Waals surface area contributed by atoms with Crippen molar-refractivity contribution in [3.63, 3.8) is 0 Å². The Morgan fingerprint density at radius 1 is 1.17 bits per heavy atom. The molecular formula is C14H18O3S. The fourth-order valence-corrected chi connectivity index (χ4v) is 3.43. The highest BCUT2D eigenvalue weighted by atomic mass is 32.2. The molecule has 0 aliphatic heterocycles. The molecule has 1 aliphatic carbocycles. The Kier molecular flexibility index (Phi) is 4.53. The van der Waals surface area contributed by atoms with Crippen molar-refractivity contribution < 1.29 is 15.0 Å². The first kappa shape index (κ1) is 13.3. The number of rotatable bonds is 4. The van der Waals surface area contributed by atoms with Crippen LogP contribution in [0, 0.1) is 0 Å². The van der Waals surface area contributed by atoms with E-state index in [1.165, 1.54) is 44.2 Å². The maximum Gasteiger partial charge on any atom is 0.172 e. The van der Waals surface area contributed by atoms with Gasteiger partial charge in [-0.15, -0.1) is 0 Å². The molecule has 0 unspecified atom stereocenters. The second-order valence-electron chi connectivity index (χ2n) is 4.70.